The van der Waals surface area contributed by atoms with Gasteiger partial charge < -0.3 is 32.2 Å². The van der Waals surface area contributed by atoms with E-state index in [4.69, 9.17) is 27.4 Å². The Kier molecular flexibility index (Phi) is 24.5. The molecule has 0 amide bonds. The van der Waals surface area contributed by atoms with Crippen molar-refractivity contribution in [3.05, 3.63) is 60.7 Å². The summed E-state index contributed by atoms with van der Waals surface area (Å²) >= 11 is 0. The molecule has 0 aliphatic carbocycles. The number of unbranched alkanes of at least 4 members (excludes halogenated alkanes) is 13. The second kappa shape index (κ2) is 27.5. The maximum absolute atomic E-state index is 10.4. The van der Waals surface area contributed by atoms with Crippen molar-refractivity contribution in [1.82, 2.24) is 0 Å². The fourth-order valence-corrected chi connectivity index (χ4v) is 6.48. The molecule has 47 heavy (non-hydrogen) atoms. The minimum Gasteiger partial charge on any atom is -0.418 e. The fourth-order valence-electron chi connectivity index (χ4n) is 4.76. The van der Waals surface area contributed by atoms with E-state index < -0.39 is 17.2 Å². The lowest BCUT2D eigenvalue weighted by Crippen LogP contribution is -2.37. The van der Waals surface area contributed by atoms with E-state index in [0.29, 0.717) is 31.3 Å². The summed E-state index contributed by atoms with van der Waals surface area (Å²) in [5, 5.41) is 0. The van der Waals surface area contributed by atoms with Gasteiger partial charge in [0.1, 0.15) is 24.7 Å². The van der Waals surface area contributed by atoms with E-state index in [0.717, 1.165) is 17.4 Å². The highest BCUT2D eigenvalue weighted by Crippen LogP contribution is 2.42. The van der Waals surface area contributed by atoms with Gasteiger partial charge in [0.2, 0.25) is 0 Å². The van der Waals surface area contributed by atoms with Crippen LogP contribution in [0.2, 0.25) is 0 Å². The largest absolute Gasteiger partial charge is 0.463 e. The SMILES string of the molecule is CCCCCCCCCCCCCCCCOCC(COP(O)OCC[N+](C)(C)C)COP(Oc1ccccc1)Oc1ccccc1. The van der Waals surface area contributed by atoms with Crippen molar-refractivity contribution in [1.29, 1.82) is 0 Å². The molecule has 0 saturated carbocycles. The first-order valence-corrected chi connectivity index (χ1v) is 20.1. The average Bonchev–Trinajstić information content (AvgIpc) is 3.05. The first kappa shape index (κ1) is 41.8. The summed E-state index contributed by atoms with van der Waals surface area (Å²) in [6, 6.07) is 19.0. The Balaban J connectivity index is 1.73. The lowest BCUT2D eigenvalue weighted by Gasteiger charge is -2.24. The number of benzene rings is 2. The zero-order chi connectivity index (χ0) is 33.8. The van der Waals surface area contributed by atoms with E-state index in [1.807, 2.05) is 60.7 Å². The first-order valence-electron chi connectivity index (χ1n) is 17.9. The summed E-state index contributed by atoms with van der Waals surface area (Å²) in [5.41, 5.74) is 0. The van der Waals surface area contributed by atoms with Gasteiger partial charge in [-0.25, -0.2) is 0 Å². The molecule has 0 heterocycles. The molecule has 2 atom stereocenters. The molecule has 0 spiro atoms. The van der Waals surface area contributed by atoms with Crippen LogP contribution in [0.3, 0.4) is 0 Å². The third-order valence-electron chi connectivity index (χ3n) is 7.64. The predicted octanol–water partition coefficient (Wildman–Crippen LogP) is 10.5. The second-order valence-electron chi connectivity index (χ2n) is 13.2. The van der Waals surface area contributed by atoms with Crippen LogP contribution in [0, 0.1) is 5.92 Å². The van der Waals surface area contributed by atoms with E-state index in [1.54, 1.807) is 0 Å². The van der Waals surface area contributed by atoms with Gasteiger partial charge in [-0.15, -0.1) is 0 Å². The van der Waals surface area contributed by atoms with Crippen LogP contribution in [-0.4, -0.2) is 70.1 Å². The van der Waals surface area contributed by atoms with Crippen molar-refractivity contribution in [2.75, 3.05) is 60.7 Å². The highest BCUT2D eigenvalue weighted by Gasteiger charge is 2.22. The molecule has 2 rings (SSSR count). The van der Waals surface area contributed by atoms with Crippen molar-refractivity contribution in [3.8, 4) is 11.5 Å². The van der Waals surface area contributed by atoms with Crippen LogP contribution in [0.25, 0.3) is 0 Å². The zero-order valence-electron chi connectivity index (χ0n) is 29.7. The number of para-hydroxylation sites is 2. The van der Waals surface area contributed by atoms with Crippen LogP contribution >= 0.6 is 17.2 Å². The molecule has 8 nitrogen and oxygen atoms in total. The maximum atomic E-state index is 10.4. The molecule has 2 unspecified atom stereocenters. The van der Waals surface area contributed by atoms with Crippen molar-refractivity contribution in [3.63, 3.8) is 0 Å². The lowest BCUT2D eigenvalue weighted by molar-refractivity contribution is -0.870. The number of hydrogen-bond donors (Lipinski definition) is 1. The smallest absolute Gasteiger partial charge is 0.418 e. The maximum Gasteiger partial charge on any atom is 0.463 e. The number of likely N-dealkylation sites (N-methyl/N-ethyl adjacent to an activating group) is 1. The van der Waals surface area contributed by atoms with Gasteiger partial charge >= 0.3 is 17.2 Å². The Bertz CT molecular complexity index is 927. The van der Waals surface area contributed by atoms with Gasteiger partial charge in [0.15, 0.2) is 0 Å². The molecule has 0 aliphatic heterocycles. The van der Waals surface area contributed by atoms with Gasteiger partial charge in [-0.2, -0.15) is 0 Å². The zero-order valence-corrected chi connectivity index (χ0v) is 31.5. The molecule has 0 aliphatic rings. The van der Waals surface area contributed by atoms with Crippen LogP contribution in [0.4, 0.5) is 0 Å². The lowest BCUT2D eigenvalue weighted by atomic mass is 10.0. The molecule has 0 saturated heterocycles. The van der Waals surface area contributed by atoms with E-state index >= 15 is 0 Å². The normalized spacial score (nSPS) is 13.1. The molecule has 1 N–H and O–H groups in total. The molecule has 10 heteroatoms. The quantitative estimate of drug-likeness (QED) is 0.0478. The number of ether oxygens (including phenoxy) is 1. The summed E-state index contributed by atoms with van der Waals surface area (Å²) < 4.78 is 36.4. The van der Waals surface area contributed by atoms with Crippen molar-refractivity contribution >= 4 is 17.2 Å². The summed E-state index contributed by atoms with van der Waals surface area (Å²) in [5.74, 6) is 1.20. The molecule has 2 aromatic rings. The van der Waals surface area contributed by atoms with E-state index in [1.165, 1.54) is 83.5 Å². The Morgan fingerprint density at radius 2 is 1.04 bits per heavy atom. The van der Waals surface area contributed by atoms with E-state index in [9.17, 15) is 4.89 Å². The Hall–Kier alpha value is -1.34. The second-order valence-corrected chi connectivity index (χ2v) is 15.3. The van der Waals surface area contributed by atoms with Gasteiger partial charge in [-0.05, 0) is 30.7 Å². The van der Waals surface area contributed by atoms with Crippen LogP contribution in [-0.2, 0) is 18.3 Å². The van der Waals surface area contributed by atoms with Gasteiger partial charge in [-0.3, -0.25) is 4.52 Å². The predicted molar refractivity (Wildman–Crippen MR) is 196 cm³/mol. The van der Waals surface area contributed by atoms with E-state index in [-0.39, 0.29) is 19.1 Å². The monoisotopic (exact) mass is 696 g/mol. The summed E-state index contributed by atoms with van der Waals surface area (Å²) in [6.45, 7) is 5.13. The Labute approximate surface area is 289 Å². The van der Waals surface area contributed by atoms with Crippen molar-refractivity contribution in [2.24, 2.45) is 5.92 Å². The molecular formula is C37H64NO7P2+. The highest BCUT2D eigenvalue weighted by molar-refractivity contribution is 7.42. The van der Waals surface area contributed by atoms with Gasteiger partial charge in [0.05, 0.1) is 41.0 Å². The molecule has 2 aromatic carbocycles. The van der Waals surface area contributed by atoms with Crippen LogP contribution in [0.5, 0.6) is 11.5 Å². The third kappa shape index (κ3) is 24.4. The molecule has 0 radical (unpaired) electrons. The first-order chi connectivity index (χ1) is 22.9. The molecule has 268 valence electrons. The Morgan fingerprint density at radius 1 is 0.574 bits per heavy atom. The summed E-state index contributed by atoms with van der Waals surface area (Å²) in [4.78, 5) is 10.4. The minimum atomic E-state index is -1.99. The number of hydrogen-bond acceptors (Lipinski definition) is 7. The fraction of sp³-hybridized carbons (Fsp3) is 0.676. The van der Waals surface area contributed by atoms with Gasteiger partial charge in [-0.1, -0.05) is 127 Å². The van der Waals surface area contributed by atoms with Crippen LogP contribution in [0.1, 0.15) is 96.8 Å². The van der Waals surface area contributed by atoms with Gasteiger partial charge in [0, 0.05) is 12.5 Å². The van der Waals surface area contributed by atoms with E-state index in [2.05, 4.69) is 28.1 Å². The number of rotatable bonds is 31. The summed E-state index contributed by atoms with van der Waals surface area (Å²) in [6.07, 6.45) is 18.6. The average molecular weight is 697 g/mol. The molecule has 0 aromatic heterocycles. The number of nitrogens with zero attached hydrogens (tertiary/aromatic N) is 1. The summed E-state index contributed by atoms with van der Waals surface area (Å²) in [7, 11) is 2.53. The Morgan fingerprint density at radius 3 is 1.53 bits per heavy atom. The van der Waals surface area contributed by atoms with Crippen molar-refractivity contribution in [2.45, 2.75) is 96.8 Å². The topological polar surface area (TPSA) is 75.6 Å². The molecule has 0 bridgehead atoms. The minimum absolute atomic E-state index is 0.135. The molecular weight excluding hydrogens is 632 g/mol. The van der Waals surface area contributed by atoms with Crippen molar-refractivity contribution < 1.29 is 36.7 Å². The number of quaternary nitrogens is 1. The third-order valence-corrected chi connectivity index (χ3v) is 9.50. The van der Waals surface area contributed by atoms with Gasteiger partial charge in [0.25, 0.3) is 0 Å². The van der Waals surface area contributed by atoms with Crippen LogP contribution < -0.4 is 9.05 Å². The van der Waals surface area contributed by atoms with Crippen LogP contribution in [0.15, 0.2) is 60.7 Å². The standard InChI is InChI=1S/C37H64NO7P2/c1-5-6-7-8-9-10-11-12-13-14-15-16-17-24-30-40-32-35(33-42-46(39)41-31-29-38(2,3)4)34-43-47(44-36-25-20-18-21-26-36)45-37-27-22-19-23-28-37/h18-23,25-28,35,39H,5-17,24,29-34H2,1-4H3/q+1. The highest BCUT2D eigenvalue weighted by atomic mass is 31.2. The molecule has 0 fully saturated rings.